The van der Waals surface area contributed by atoms with Gasteiger partial charge in [0.2, 0.25) is 5.78 Å². The summed E-state index contributed by atoms with van der Waals surface area (Å²) in [5.74, 6) is 0.347. The van der Waals surface area contributed by atoms with Gasteiger partial charge in [-0.15, -0.1) is 0 Å². The number of Topliss-reactive ketones (excluding diaryl/α,β-unsaturated/α-hetero) is 1. The summed E-state index contributed by atoms with van der Waals surface area (Å²) in [5, 5.41) is 0. The molecule has 0 saturated carbocycles. The normalized spacial score (nSPS) is 10.4. The number of ketones is 1. The van der Waals surface area contributed by atoms with E-state index in [1.807, 2.05) is 24.3 Å². The van der Waals surface area contributed by atoms with Crippen LogP contribution in [0.25, 0.3) is 0 Å². The maximum atomic E-state index is 11.8. The van der Waals surface area contributed by atoms with Crippen molar-refractivity contribution in [2.45, 2.75) is 6.42 Å². The SMILES string of the molecule is O=C(Cc1ccccc1Br)c1ccc(Br)o1. The number of hydrogen-bond acceptors (Lipinski definition) is 2. The Morgan fingerprint density at radius 1 is 1.12 bits per heavy atom. The van der Waals surface area contributed by atoms with Gasteiger partial charge >= 0.3 is 0 Å². The maximum Gasteiger partial charge on any atom is 0.202 e. The highest BCUT2D eigenvalue weighted by Gasteiger charge is 2.12. The fourth-order valence-corrected chi connectivity index (χ4v) is 2.10. The zero-order valence-corrected chi connectivity index (χ0v) is 11.4. The first-order chi connectivity index (χ1) is 7.66. The third-order valence-corrected chi connectivity index (χ3v) is 3.36. The number of benzene rings is 1. The summed E-state index contributed by atoms with van der Waals surface area (Å²) in [4.78, 5) is 11.8. The van der Waals surface area contributed by atoms with E-state index in [2.05, 4.69) is 31.9 Å². The molecule has 82 valence electrons. The predicted molar refractivity (Wildman–Crippen MR) is 68.6 cm³/mol. The second kappa shape index (κ2) is 4.97. The lowest BCUT2D eigenvalue weighted by atomic mass is 10.1. The lowest BCUT2D eigenvalue weighted by Crippen LogP contribution is -2.02. The van der Waals surface area contributed by atoms with Crippen LogP contribution in [-0.4, -0.2) is 5.78 Å². The number of halogens is 2. The summed E-state index contributed by atoms with van der Waals surface area (Å²) in [6.45, 7) is 0. The van der Waals surface area contributed by atoms with Gasteiger partial charge < -0.3 is 4.42 Å². The molecule has 0 saturated heterocycles. The summed E-state index contributed by atoms with van der Waals surface area (Å²) < 4.78 is 6.72. The van der Waals surface area contributed by atoms with E-state index in [-0.39, 0.29) is 5.78 Å². The van der Waals surface area contributed by atoms with Gasteiger partial charge in [-0.25, -0.2) is 0 Å². The van der Waals surface area contributed by atoms with Crippen LogP contribution in [0.4, 0.5) is 0 Å². The molecule has 4 heteroatoms. The molecule has 0 amide bonds. The van der Waals surface area contributed by atoms with Crippen LogP contribution in [0.1, 0.15) is 16.1 Å². The highest BCUT2D eigenvalue weighted by atomic mass is 79.9. The monoisotopic (exact) mass is 342 g/mol. The van der Waals surface area contributed by atoms with Gasteiger partial charge in [-0.05, 0) is 39.7 Å². The minimum Gasteiger partial charge on any atom is -0.446 e. The zero-order chi connectivity index (χ0) is 11.5. The van der Waals surface area contributed by atoms with Crippen LogP contribution >= 0.6 is 31.9 Å². The quantitative estimate of drug-likeness (QED) is 0.780. The molecule has 0 aliphatic carbocycles. The first-order valence-corrected chi connectivity index (χ1v) is 6.27. The van der Waals surface area contributed by atoms with E-state index in [4.69, 9.17) is 4.42 Å². The summed E-state index contributed by atoms with van der Waals surface area (Å²) in [5.41, 5.74) is 0.958. The molecule has 0 spiro atoms. The highest BCUT2D eigenvalue weighted by molar-refractivity contribution is 9.10. The van der Waals surface area contributed by atoms with Crippen molar-refractivity contribution in [3.8, 4) is 0 Å². The van der Waals surface area contributed by atoms with Gasteiger partial charge in [0.25, 0.3) is 0 Å². The van der Waals surface area contributed by atoms with E-state index in [1.165, 1.54) is 0 Å². The molecule has 0 bridgehead atoms. The molecular weight excluding hydrogens is 336 g/mol. The Morgan fingerprint density at radius 3 is 2.50 bits per heavy atom. The molecule has 2 rings (SSSR count). The van der Waals surface area contributed by atoms with Crippen molar-refractivity contribution < 1.29 is 9.21 Å². The van der Waals surface area contributed by atoms with E-state index in [0.717, 1.165) is 10.0 Å². The van der Waals surface area contributed by atoms with Crippen molar-refractivity contribution in [2.24, 2.45) is 0 Å². The number of rotatable bonds is 3. The standard InChI is InChI=1S/C12H8Br2O2/c13-9-4-2-1-3-8(9)7-10(15)11-5-6-12(14)16-11/h1-6H,7H2. The summed E-state index contributed by atoms with van der Waals surface area (Å²) in [6, 6.07) is 11.0. The third kappa shape index (κ3) is 2.62. The minimum atomic E-state index is -0.0300. The molecule has 1 aromatic heterocycles. The van der Waals surface area contributed by atoms with E-state index < -0.39 is 0 Å². The fraction of sp³-hybridized carbons (Fsp3) is 0.0833. The van der Waals surface area contributed by atoms with Crippen LogP contribution in [0.15, 0.2) is 50.0 Å². The topological polar surface area (TPSA) is 30.2 Å². The first-order valence-electron chi connectivity index (χ1n) is 4.69. The fourth-order valence-electron chi connectivity index (χ4n) is 1.37. The molecule has 0 N–H and O–H groups in total. The summed E-state index contributed by atoms with van der Waals surface area (Å²) >= 11 is 6.58. The Kier molecular flexibility index (Phi) is 3.61. The number of hydrogen-bond donors (Lipinski definition) is 0. The lowest BCUT2D eigenvalue weighted by Gasteiger charge is -2.01. The van der Waals surface area contributed by atoms with E-state index in [9.17, 15) is 4.79 Å². The molecule has 1 aromatic carbocycles. The number of carbonyl (C=O) groups excluding carboxylic acids is 1. The van der Waals surface area contributed by atoms with Crippen LogP contribution in [0, 0.1) is 0 Å². The minimum absolute atomic E-state index is 0.0300. The average Bonchev–Trinajstić information content (AvgIpc) is 2.68. The molecule has 2 nitrogen and oxygen atoms in total. The molecule has 16 heavy (non-hydrogen) atoms. The molecule has 0 fully saturated rings. The molecule has 1 heterocycles. The van der Waals surface area contributed by atoms with Crippen molar-refractivity contribution in [1.29, 1.82) is 0 Å². The Hall–Kier alpha value is -0.870. The Balaban J connectivity index is 2.17. The number of furan rings is 1. The Bertz CT molecular complexity index is 517. The van der Waals surface area contributed by atoms with Gasteiger partial charge in [0, 0.05) is 10.9 Å². The van der Waals surface area contributed by atoms with Gasteiger partial charge in [-0.3, -0.25) is 4.79 Å². The van der Waals surface area contributed by atoms with E-state index in [0.29, 0.717) is 16.9 Å². The van der Waals surface area contributed by atoms with E-state index in [1.54, 1.807) is 12.1 Å². The van der Waals surface area contributed by atoms with Gasteiger partial charge in [-0.1, -0.05) is 34.1 Å². The van der Waals surface area contributed by atoms with Crippen molar-refractivity contribution in [2.75, 3.05) is 0 Å². The van der Waals surface area contributed by atoms with Crippen LogP contribution in [0.5, 0.6) is 0 Å². The molecule has 0 aliphatic heterocycles. The largest absolute Gasteiger partial charge is 0.446 e. The van der Waals surface area contributed by atoms with Gasteiger partial charge in [0.15, 0.2) is 10.4 Å². The highest BCUT2D eigenvalue weighted by Crippen LogP contribution is 2.20. The summed E-state index contributed by atoms with van der Waals surface area (Å²) in [6.07, 6.45) is 0.335. The summed E-state index contributed by atoms with van der Waals surface area (Å²) in [7, 11) is 0. The van der Waals surface area contributed by atoms with Crippen LogP contribution in [0.3, 0.4) is 0 Å². The molecule has 0 atom stereocenters. The van der Waals surface area contributed by atoms with Crippen molar-refractivity contribution in [3.05, 3.63) is 56.9 Å². The third-order valence-electron chi connectivity index (χ3n) is 2.16. The second-order valence-corrected chi connectivity index (χ2v) is 4.93. The molecular formula is C12H8Br2O2. The zero-order valence-electron chi connectivity index (χ0n) is 8.24. The van der Waals surface area contributed by atoms with E-state index >= 15 is 0 Å². The van der Waals surface area contributed by atoms with Gasteiger partial charge in [0.1, 0.15) is 0 Å². The predicted octanol–water partition coefficient (Wildman–Crippen LogP) is 4.23. The van der Waals surface area contributed by atoms with Crippen LogP contribution in [0.2, 0.25) is 0 Å². The van der Waals surface area contributed by atoms with Gasteiger partial charge in [-0.2, -0.15) is 0 Å². The molecule has 0 aliphatic rings. The van der Waals surface area contributed by atoms with Crippen molar-refractivity contribution >= 4 is 37.6 Å². The van der Waals surface area contributed by atoms with Crippen molar-refractivity contribution in [3.63, 3.8) is 0 Å². The van der Waals surface area contributed by atoms with Crippen molar-refractivity contribution in [1.82, 2.24) is 0 Å². The maximum absolute atomic E-state index is 11.8. The lowest BCUT2D eigenvalue weighted by molar-refractivity contribution is 0.0965. The molecule has 2 aromatic rings. The van der Waals surface area contributed by atoms with Crippen LogP contribution < -0.4 is 0 Å². The first kappa shape index (κ1) is 11.6. The molecule has 0 unspecified atom stereocenters. The Morgan fingerprint density at radius 2 is 1.88 bits per heavy atom. The van der Waals surface area contributed by atoms with Crippen LogP contribution in [-0.2, 0) is 6.42 Å². The smallest absolute Gasteiger partial charge is 0.202 e. The Labute approximate surface area is 110 Å². The molecule has 0 radical (unpaired) electrons. The number of carbonyl (C=O) groups is 1. The second-order valence-electron chi connectivity index (χ2n) is 3.30. The average molecular weight is 344 g/mol. The van der Waals surface area contributed by atoms with Gasteiger partial charge in [0.05, 0.1) is 0 Å².